The van der Waals surface area contributed by atoms with E-state index in [2.05, 4.69) is 23.1 Å². The highest BCUT2D eigenvalue weighted by atomic mass is 31.0. The van der Waals surface area contributed by atoms with Crippen LogP contribution >= 0.6 is 9.24 Å². The lowest BCUT2D eigenvalue weighted by atomic mass is 9.90. The fourth-order valence-corrected chi connectivity index (χ4v) is 2.23. The highest BCUT2D eigenvalue weighted by Gasteiger charge is 2.23. The first-order valence-electron chi connectivity index (χ1n) is 4.47. The van der Waals surface area contributed by atoms with Gasteiger partial charge in [0.05, 0.1) is 0 Å². The summed E-state index contributed by atoms with van der Waals surface area (Å²) in [4.78, 5) is 0. The molecule has 0 nitrogen and oxygen atoms in total. The van der Waals surface area contributed by atoms with Crippen molar-refractivity contribution >= 4 is 9.24 Å². The van der Waals surface area contributed by atoms with Crippen molar-refractivity contribution in [3.63, 3.8) is 0 Å². The van der Waals surface area contributed by atoms with E-state index in [0.717, 1.165) is 17.5 Å². The molecule has 1 aliphatic carbocycles. The first kappa shape index (κ1) is 8.53. The molecule has 3 unspecified atom stereocenters. The van der Waals surface area contributed by atoms with Crippen molar-refractivity contribution in [2.45, 2.75) is 45.2 Å². The Morgan fingerprint density at radius 3 is 2.10 bits per heavy atom. The van der Waals surface area contributed by atoms with Gasteiger partial charge in [-0.15, -0.1) is 9.24 Å². The summed E-state index contributed by atoms with van der Waals surface area (Å²) < 4.78 is 0. The van der Waals surface area contributed by atoms with Gasteiger partial charge >= 0.3 is 0 Å². The largest absolute Gasteiger partial charge is 0.134 e. The van der Waals surface area contributed by atoms with E-state index < -0.39 is 0 Å². The number of hydrogen-bond donors (Lipinski definition) is 0. The van der Waals surface area contributed by atoms with Crippen molar-refractivity contribution < 1.29 is 0 Å². The zero-order valence-electron chi connectivity index (χ0n) is 7.14. The van der Waals surface area contributed by atoms with Crippen LogP contribution in [0.15, 0.2) is 0 Å². The molecule has 0 aromatic carbocycles. The Labute approximate surface area is 67.0 Å². The van der Waals surface area contributed by atoms with Crippen LogP contribution in [0.5, 0.6) is 0 Å². The zero-order valence-corrected chi connectivity index (χ0v) is 8.29. The Balaban J connectivity index is 2.32. The average molecular weight is 158 g/mol. The molecule has 1 heteroatoms. The molecule has 10 heavy (non-hydrogen) atoms. The number of hydrogen-bond acceptors (Lipinski definition) is 0. The molecule has 0 saturated heterocycles. The second-order valence-electron chi connectivity index (χ2n) is 3.76. The molecule has 1 aliphatic rings. The standard InChI is InChI=1S/C9H19P/c1-7(8(2)10)9-5-3-4-6-9/h7-9H,3-6,10H2,1-2H3. The molecule has 0 radical (unpaired) electrons. The Morgan fingerprint density at radius 1 is 1.20 bits per heavy atom. The quantitative estimate of drug-likeness (QED) is 0.542. The number of rotatable bonds is 2. The van der Waals surface area contributed by atoms with Crippen molar-refractivity contribution in [1.82, 2.24) is 0 Å². The summed E-state index contributed by atoms with van der Waals surface area (Å²) >= 11 is 0. The molecule has 0 bridgehead atoms. The van der Waals surface area contributed by atoms with Gasteiger partial charge in [0, 0.05) is 0 Å². The van der Waals surface area contributed by atoms with Gasteiger partial charge in [0.25, 0.3) is 0 Å². The van der Waals surface area contributed by atoms with E-state index >= 15 is 0 Å². The topological polar surface area (TPSA) is 0 Å². The summed E-state index contributed by atoms with van der Waals surface area (Å²) in [6.07, 6.45) is 5.93. The lowest BCUT2D eigenvalue weighted by Gasteiger charge is -2.21. The van der Waals surface area contributed by atoms with Crippen LogP contribution in [0.1, 0.15) is 39.5 Å². The minimum Gasteiger partial charge on any atom is -0.134 e. The van der Waals surface area contributed by atoms with Crippen molar-refractivity contribution in [1.29, 1.82) is 0 Å². The molecule has 0 aromatic heterocycles. The van der Waals surface area contributed by atoms with Gasteiger partial charge in [-0.2, -0.15) is 0 Å². The maximum absolute atomic E-state index is 2.93. The van der Waals surface area contributed by atoms with E-state index in [1.807, 2.05) is 0 Å². The summed E-state index contributed by atoms with van der Waals surface area (Å²) in [6.45, 7) is 4.71. The molecular weight excluding hydrogens is 139 g/mol. The predicted molar refractivity (Wildman–Crippen MR) is 50.3 cm³/mol. The van der Waals surface area contributed by atoms with Crippen LogP contribution < -0.4 is 0 Å². The van der Waals surface area contributed by atoms with Gasteiger partial charge in [-0.1, -0.05) is 39.5 Å². The Morgan fingerprint density at radius 2 is 1.70 bits per heavy atom. The molecule has 0 heterocycles. The van der Waals surface area contributed by atoms with E-state index in [1.54, 1.807) is 0 Å². The predicted octanol–water partition coefficient (Wildman–Crippen LogP) is 3.08. The minimum absolute atomic E-state index is 0.808. The van der Waals surface area contributed by atoms with Crippen molar-refractivity contribution in [3.8, 4) is 0 Å². The highest BCUT2D eigenvalue weighted by molar-refractivity contribution is 7.17. The van der Waals surface area contributed by atoms with Crippen LogP contribution in [0.25, 0.3) is 0 Å². The van der Waals surface area contributed by atoms with Gasteiger partial charge in [-0.25, -0.2) is 0 Å². The molecule has 3 atom stereocenters. The second kappa shape index (κ2) is 3.72. The normalized spacial score (nSPS) is 26.7. The fourth-order valence-electron chi connectivity index (χ4n) is 1.91. The van der Waals surface area contributed by atoms with E-state index in [4.69, 9.17) is 0 Å². The smallest absolute Gasteiger partial charge is 0.0264 e. The molecule has 0 aromatic rings. The van der Waals surface area contributed by atoms with Gasteiger partial charge < -0.3 is 0 Å². The average Bonchev–Trinajstić information content (AvgIpc) is 2.36. The Bertz CT molecular complexity index is 92.9. The fraction of sp³-hybridized carbons (Fsp3) is 1.00. The van der Waals surface area contributed by atoms with Crippen LogP contribution in [0.4, 0.5) is 0 Å². The molecule has 0 N–H and O–H groups in total. The first-order valence-corrected chi connectivity index (χ1v) is 5.14. The van der Waals surface area contributed by atoms with Gasteiger partial charge in [-0.3, -0.25) is 0 Å². The van der Waals surface area contributed by atoms with Crippen LogP contribution in [-0.2, 0) is 0 Å². The maximum atomic E-state index is 2.93. The minimum atomic E-state index is 0.808. The Hall–Kier alpha value is 0.430. The summed E-state index contributed by atoms with van der Waals surface area (Å²) in [7, 11) is 2.93. The third-order valence-corrected chi connectivity index (χ3v) is 3.58. The maximum Gasteiger partial charge on any atom is -0.0264 e. The summed E-state index contributed by atoms with van der Waals surface area (Å²) in [5.74, 6) is 1.96. The SMILES string of the molecule is CC(P)C(C)C1CCCC1. The molecule has 1 rings (SSSR count). The molecule has 60 valence electrons. The van der Waals surface area contributed by atoms with Crippen molar-refractivity contribution in [2.24, 2.45) is 11.8 Å². The lowest BCUT2D eigenvalue weighted by molar-refractivity contribution is 0.365. The molecular formula is C9H19P. The summed E-state index contributed by atoms with van der Waals surface area (Å²) in [5, 5.41) is 0. The third-order valence-electron chi connectivity index (χ3n) is 2.97. The van der Waals surface area contributed by atoms with E-state index in [9.17, 15) is 0 Å². The highest BCUT2D eigenvalue weighted by Crippen LogP contribution is 2.34. The Kier molecular flexibility index (Phi) is 3.17. The second-order valence-corrected chi connectivity index (χ2v) is 4.81. The molecule has 1 saturated carbocycles. The zero-order chi connectivity index (χ0) is 7.56. The van der Waals surface area contributed by atoms with Gasteiger partial charge in [-0.05, 0) is 17.5 Å². The van der Waals surface area contributed by atoms with Crippen molar-refractivity contribution in [3.05, 3.63) is 0 Å². The summed E-state index contributed by atoms with van der Waals surface area (Å²) in [6, 6.07) is 0. The van der Waals surface area contributed by atoms with E-state index in [1.165, 1.54) is 25.7 Å². The van der Waals surface area contributed by atoms with E-state index in [0.29, 0.717) is 0 Å². The van der Waals surface area contributed by atoms with Crippen LogP contribution in [0.2, 0.25) is 0 Å². The molecule has 0 spiro atoms. The van der Waals surface area contributed by atoms with Gasteiger partial charge in [0.15, 0.2) is 0 Å². The van der Waals surface area contributed by atoms with Gasteiger partial charge in [0.1, 0.15) is 0 Å². The molecule has 0 aliphatic heterocycles. The van der Waals surface area contributed by atoms with Crippen LogP contribution in [0, 0.1) is 11.8 Å². The third kappa shape index (κ3) is 1.95. The van der Waals surface area contributed by atoms with E-state index in [-0.39, 0.29) is 0 Å². The van der Waals surface area contributed by atoms with Crippen molar-refractivity contribution in [2.75, 3.05) is 0 Å². The summed E-state index contributed by atoms with van der Waals surface area (Å²) in [5.41, 5.74) is 0.808. The van der Waals surface area contributed by atoms with Gasteiger partial charge in [0.2, 0.25) is 0 Å². The van der Waals surface area contributed by atoms with Crippen LogP contribution in [-0.4, -0.2) is 5.66 Å². The molecule has 1 fully saturated rings. The monoisotopic (exact) mass is 158 g/mol. The lowest BCUT2D eigenvalue weighted by Crippen LogP contribution is -2.15. The van der Waals surface area contributed by atoms with Crippen LogP contribution in [0.3, 0.4) is 0 Å². The first-order chi connectivity index (χ1) is 4.72. The molecule has 0 amide bonds.